The largest absolute Gasteiger partial charge is 0.493 e. The first kappa shape index (κ1) is 17.1. The maximum atomic E-state index is 11.9. The standard InChI is InChI=1S/C17H17ClINO2/c1-12-11-13(18)8-9-16(12)22-10-4-7-17(21)20-15-6-3-2-5-14(15)19/h2-3,5-6,8-9,11H,4,7,10H2,1H3,(H,20,21). The molecule has 1 amide bonds. The van der Waals surface area contributed by atoms with Crippen molar-refractivity contribution in [3.05, 3.63) is 56.6 Å². The van der Waals surface area contributed by atoms with E-state index in [0.717, 1.165) is 20.6 Å². The molecule has 3 nitrogen and oxygen atoms in total. The van der Waals surface area contributed by atoms with E-state index in [9.17, 15) is 4.79 Å². The van der Waals surface area contributed by atoms with Crippen molar-refractivity contribution < 1.29 is 9.53 Å². The molecule has 0 aromatic heterocycles. The van der Waals surface area contributed by atoms with Gasteiger partial charge in [-0.3, -0.25) is 4.79 Å². The lowest BCUT2D eigenvalue weighted by atomic mass is 10.2. The van der Waals surface area contributed by atoms with Gasteiger partial charge in [0.1, 0.15) is 5.75 Å². The number of carbonyl (C=O) groups is 1. The lowest BCUT2D eigenvalue weighted by molar-refractivity contribution is -0.116. The van der Waals surface area contributed by atoms with Crippen LogP contribution in [-0.4, -0.2) is 12.5 Å². The number of carbonyl (C=O) groups excluding carboxylic acids is 1. The molecular weight excluding hydrogens is 413 g/mol. The summed E-state index contributed by atoms with van der Waals surface area (Å²) in [7, 11) is 0. The summed E-state index contributed by atoms with van der Waals surface area (Å²) in [4.78, 5) is 11.9. The molecule has 0 heterocycles. The van der Waals surface area contributed by atoms with Crippen molar-refractivity contribution in [1.82, 2.24) is 0 Å². The van der Waals surface area contributed by atoms with Crippen LogP contribution in [0.4, 0.5) is 5.69 Å². The van der Waals surface area contributed by atoms with Crippen molar-refractivity contribution in [2.24, 2.45) is 0 Å². The molecule has 1 N–H and O–H groups in total. The van der Waals surface area contributed by atoms with E-state index in [2.05, 4.69) is 27.9 Å². The summed E-state index contributed by atoms with van der Waals surface area (Å²) in [5.41, 5.74) is 1.85. The van der Waals surface area contributed by atoms with Crippen LogP contribution >= 0.6 is 34.2 Å². The van der Waals surface area contributed by atoms with Gasteiger partial charge < -0.3 is 10.1 Å². The van der Waals surface area contributed by atoms with Gasteiger partial charge in [-0.2, -0.15) is 0 Å². The number of hydrogen-bond donors (Lipinski definition) is 1. The summed E-state index contributed by atoms with van der Waals surface area (Å²) >= 11 is 8.10. The van der Waals surface area contributed by atoms with Gasteiger partial charge in [0.25, 0.3) is 0 Å². The Labute approximate surface area is 149 Å². The van der Waals surface area contributed by atoms with Crippen molar-refractivity contribution >= 4 is 45.8 Å². The van der Waals surface area contributed by atoms with E-state index in [4.69, 9.17) is 16.3 Å². The van der Waals surface area contributed by atoms with E-state index in [1.54, 1.807) is 6.07 Å². The first-order valence-electron chi connectivity index (χ1n) is 6.99. The number of para-hydroxylation sites is 1. The highest BCUT2D eigenvalue weighted by Crippen LogP contribution is 2.22. The van der Waals surface area contributed by atoms with Crippen LogP contribution < -0.4 is 10.1 Å². The minimum Gasteiger partial charge on any atom is -0.493 e. The van der Waals surface area contributed by atoms with Gasteiger partial charge in [-0.15, -0.1) is 0 Å². The third kappa shape index (κ3) is 5.18. The number of hydrogen-bond acceptors (Lipinski definition) is 2. The Morgan fingerprint density at radius 3 is 2.77 bits per heavy atom. The van der Waals surface area contributed by atoms with Gasteiger partial charge in [0.05, 0.1) is 12.3 Å². The molecule has 2 rings (SSSR count). The Kier molecular flexibility index (Phi) is 6.51. The Hall–Kier alpha value is -1.27. The normalized spacial score (nSPS) is 10.3. The zero-order valence-corrected chi connectivity index (χ0v) is 15.1. The van der Waals surface area contributed by atoms with Crippen LogP contribution in [0.5, 0.6) is 5.75 Å². The molecule has 0 radical (unpaired) electrons. The second kappa shape index (κ2) is 8.39. The fourth-order valence-electron chi connectivity index (χ4n) is 1.96. The van der Waals surface area contributed by atoms with E-state index in [1.165, 1.54) is 0 Å². The van der Waals surface area contributed by atoms with Crippen LogP contribution in [0.25, 0.3) is 0 Å². The van der Waals surface area contributed by atoms with Crippen LogP contribution in [0, 0.1) is 10.5 Å². The quantitative estimate of drug-likeness (QED) is 0.515. The first-order chi connectivity index (χ1) is 10.6. The van der Waals surface area contributed by atoms with Gasteiger partial charge in [0.2, 0.25) is 5.91 Å². The maximum Gasteiger partial charge on any atom is 0.224 e. The Balaban J connectivity index is 1.74. The highest BCUT2D eigenvalue weighted by Gasteiger charge is 2.05. The fourth-order valence-corrected chi connectivity index (χ4v) is 2.71. The van der Waals surface area contributed by atoms with Crippen LogP contribution in [0.3, 0.4) is 0 Å². The van der Waals surface area contributed by atoms with Crippen molar-refractivity contribution in [2.45, 2.75) is 19.8 Å². The van der Waals surface area contributed by atoms with Crippen molar-refractivity contribution in [3.8, 4) is 5.75 Å². The number of aryl methyl sites for hydroxylation is 1. The molecule has 0 saturated heterocycles. The molecule has 0 spiro atoms. The Morgan fingerprint density at radius 1 is 1.27 bits per heavy atom. The van der Waals surface area contributed by atoms with E-state index >= 15 is 0 Å². The minimum absolute atomic E-state index is 0.000504. The topological polar surface area (TPSA) is 38.3 Å². The summed E-state index contributed by atoms with van der Waals surface area (Å²) in [5, 5.41) is 3.60. The average molecular weight is 430 g/mol. The van der Waals surface area contributed by atoms with Gasteiger partial charge in [-0.1, -0.05) is 23.7 Å². The van der Waals surface area contributed by atoms with E-state index in [0.29, 0.717) is 24.5 Å². The number of nitrogens with one attached hydrogen (secondary N) is 1. The third-order valence-electron chi connectivity index (χ3n) is 3.09. The lowest BCUT2D eigenvalue weighted by Gasteiger charge is -2.10. The average Bonchev–Trinajstić information content (AvgIpc) is 2.48. The van der Waals surface area contributed by atoms with Gasteiger partial charge in [-0.25, -0.2) is 0 Å². The molecule has 0 unspecified atom stereocenters. The van der Waals surface area contributed by atoms with Crippen LogP contribution in [0.1, 0.15) is 18.4 Å². The molecule has 2 aromatic rings. The Morgan fingerprint density at radius 2 is 2.05 bits per heavy atom. The molecule has 0 fully saturated rings. The van der Waals surface area contributed by atoms with Gasteiger partial charge in [0, 0.05) is 15.0 Å². The second-order valence-corrected chi connectivity index (χ2v) is 6.49. The second-order valence-electron chi connectivity index (χ2n) is 4.89. The van der Waals surface area contributed by atoms with E-state index in [1.807, 2.05) is 43.3 Å². The van der Waals surface area contributed by atoms with Crippen LogP contribution in [0.15, 0.2) is 42.5 Å². The molecule has 0 aliphatic carbocycles. The molecule has 0 saturated carbocycles. The summed E-state index contributed by atoms with van der Waals surface area (Å²) < 4.78 is 6.71. The molecule has 0 aliphatic rings. The molecule has 2 aromatic carbocycles. The predicted molar refractivity (Wildman–Crippen MR) is 98.7 cm³/mol. The summed E-state index contributed by atoms with van der Waals surface area (Å²) in [6.45, 7) is 2.45. The van der Waals surface area contributed by atoms with E-state index in [-0.39, 0.29) is 5.91 Å². The smallest absolute Gasteiger partial charge is 0.224 e. The molecular formula is C17H17ClINO2. The number of benzene rings is 2. The zero-order valence-electron chi connectivity index (χ0n) is 12.2. The summed E-state index contributed by atoms with van der Waals surface area (Å²) in [6, 6.07) is 13.2. The summed E-state index contributed by atoms with van der Waals surface area (Å²) in [5.74, 6) is 0.808. The van der Waals surface area contributed by atoms with Gasteiger partial charge >= 0.3 is 0 Å². The van der Waals surface area contributed by atoms with Gasteiger partial charge in [0.15, 0.2) is 0 Å². The number of rotatable bonds is 6. The first-order valence-corrected chi connectivity index (χ1v) is 8.45. The molecule has 0 aliphatic heterocycles. The maximum absolute atomic E-state index is 11.9. The van der Waals surface area contributed by atoms with Crippen LogP contribution in [0.2, 0.25) is 5.02 Å². The number of halogens is 2. The highest BCUT2D eigenvalue weighted by atomic mass is 127. The zero-order chi connectivity index (χ0) is 15.9. The summed E-state index contributed by atoms with van der Waals surface area (Å²) in [6.07, 6.45) is 1.09. The highest BCUT2D eigenvalue weighted by molar-refractivity contribution is 14.1. The minimum atomic E-state index is 0.000504. The Bertz CT molecular complexity index is 661. The number of ether oxygens (including phenoxy) is 1. The van der Waals surface area contributed by atoms with Gasteiger partial charge in [-0.05, 0) is 71.8 Å². The third-order valence-corrected chi connectivity index (χ3v) is 4.27. The molecule has 22 heavy (non-hydrogen) atoms. The van der Waals surface area contributed by atoms with E-state index < -0.39 is 0 Å². The molecule has 0 atom stereocenters. The van der Waals surface area contributed by atoms with Crippen molar-refractivity contribution in [2.75, 3.05) is 11.9 Å². The van der Waals surface area contributed by atoms with Crippen LogP contribution in [-0.2, 0) is 4.79 Å². The number of anilines is 1. The SMILES string of the molecule is Cc1cc(Cl)ccc1OCCCC(=O)Nc1ccccc1I. The molecule has 5 heteroatoms. The molecule has 0 bridgehead atoms. The fraction of sp³-hybridized carbons (Fsp3) is 0.235. The lowest BCUT2D eigenvalue weighted by Crippen LogP contribution is -2.13. The number of amides is 1. The molecule has 116 valence electrons. The van der Waals surface area contributed by atoms with Crippen molar-refractivity contribution in [3.63, 3.8) is 0 Å². The van der Waals surface area contributed by atoms with Crippen molar-refractivity contribution in [1.29, 1.82) is 0 Å². The predicted octanol–water partition coefficient (Wildman–Crippen LogP) is 5.05. The monoisotopic (exact) mass is 429 g/mol.